The van der Waals surface area contributed by atoms with Crippen molar-refractivity contribution in [2.24, 2.45) is 29.1 Å². The maximum Gasteiger partial charge on any atom is 0.338 e. The number of hydrogen-bond donors (Lipinski definition) is 1. The van der Waals surface area contributed by atoms with Crippen LogP contribution in [0.3, 0.4) is 0 Å². The lowest BCUT2D eigenvalue weighted by Gasteiger charge is -2.31. The molecule has 35 heavy (non-hydrogen) atoms. The van der Waals surface area contributed by atoms with E-state index in [4.69, 9.17) is 9.47 Å². The number of hydrogen-bond acceptors (Lipinski definition) is 6. The molecule has 188 valence electrons. The number of carbonyl (C=O) groups excluding carboxylic acids is 3. The molecule has 0 bridgehead atoms. The molecule has 3 aliphatic carbocycles. The highest BCUT2D eigenvalue weighted by atomic mass is 16.5. The Morgan fingerprint density at radius 2 is 1.69 bits per heavy atom. The van der Waals surface area contributed by atoms with Gasteiger partial charge in [-0.3, -0.25) is 9.59 Å². The average molecular weight is 481 g/mol. The van der Waals surface area contributed by atoms with Gasteiger partial charge in [-0.1, -0.05) is 51.1 Å². The summed E-state index contributed by atoms with van der Waals surface area (Å²) in [5.41, 5.74) is -0.0552. The number of ketones is 1. The minimum atomic E-state index is -1.72. The van der Waals surface area contributed by atoms with Crippen molar-refractivity contribution in [1.29, 1.82) is 0 Å². The van der Waals surface area contributed by atoms with Crippen LogP contribution in [0.25, 0.3) is 0 Å². The van der Waals surface area contributed by atoms with Crippen LogP contribution in [0.5, 0.6) is 0 Å². The number of benzene rings is 1. The van der Waals surface area contributed by atoms with Gasteiger partial charge in [0.2, 0.25) is 0 Å². The standard InChI is InChI=1S/C29H36O6/c1-16-12-23-25(35-27(32)20-10-8-7-9-11-20)18(3)15-29(23,33)26(31)17(2)13-21-22(28(21,5)6)14-24(16)34-19(4)30/h7-13,18,21-25,33H,14-15H2,1-6H3/b16-12?,17-13+/t18-,21-,22-,23-,24-,25+,29-/m1/s1. The zero-order valence-corrected chi connectivity index (χ0v) is 21.4. The van der Waals surface area contributed by atoms with Crippen molar-refractivity contribution in [3.63, 3.8) is 0 Å². The number of aliphatic hydroxyl groups is 1. The molecule has 0 unspecified atom stereocenters. The average Bonchev–Trinajstić information content (AvgIpc) is 3.20. The number of Topliss-reactive ketones (excluding diaryl/α,β-unsaturated/α-hetero) is 1. The van der Waals surface area contributed by atoms with Crippen LogP contribution in [0.4, 0.5) is 0 Å². The summed E-state index contributed by atoms with van der Waals surface area (Å²) >= 11 is 0. The Balaban J connectivity index is 1.76. The molecule has 0 heterocycles. The van der Waals surface area contributed by atoms with Crippen molar-refractivity contribution in [2.45, 2.75) is 72.2 Å². The summed E-state index contributed by atoms with van der Waals surface area (Å²) in [7, 11) is 0. The third-order valence-electron chi connectivity index (χ3n) is 8.40. The Bertz CT molecular complexity index is 1080. The zero-order chi connectivity index (χ0) is 25.7. The van der Waals surface area contributed by atoms with E-state index in [1.54, 1.807) is 37.3 Å². The van der Waals surface area contributed by atoms with E-state index in [-0.39, 0.29) is 41.3 Å². The monoisotopic (exact) mass is 480 g/mol. The molecule has 1 aromatic carbocycles. The number of ether oxygens (including phenoxy) is 2. The maximum atomic E-state index is 13.7. The highest BCUT2D eigenvalue weighted by Crippen LogP contribution is 2.62. The lowest BCUT2D eigenvalue weighted by atomic mass is 9.81. The number of carbonyl (C=O) groups is 3. The van der Waals surface area contributed by atoms with E-state index < -0.39 is 29.7 Å². The van der Waals surface area contributed by atoms with Gasteiger partial charge in [0.1, 0.15) is 17.8 Å². The number of esters is 2. The minimum absolute atomic E-state index is 0.0296. The van der Waals surface area contributed by atoms with Gasteiger partial charge in [-0.05, 0) is 73.1 Å². The van der Waals surface area contributed by atoms with Crippen LogP contribution in [-0.2, 0) is 19.1 Å². The molecule has 6 nitrogen and oxygen atoms in total. The fourth-order valence-corrected chi connectivity index (χ4v) is 6.20. The van der Waals surface area contributed by atoms with Crippen molar-refractivity contribution in [1.82, 2.24) is 0 Å². The van der Waals surface area contributed by atoms with E-state index in [0.29, 0.717) is 17.6 Å². The molecule has 0 spiro atoms. The lowest BCUT2D eigenvalue weighted by molar-refractivity contribution is -0.145. The predicted molar refractivity (Wildman–Crippen MR) is 131 cm³/mol. The van der Waals surface area contributed by atoms with Crippen molar-refractivity contribution in [2.75, 3.05) is 0 Å². The summed E-state index contributed by atoms with van der Waals surface area (Å²) in [5, 5.41) is 11.9. The maximum absolute atomic E-state index is 13.7. The number of allylic oxidation sites excluding steroid dienone is 1. The van der Waals surface area contributed by atoms with Crippen molar-refractivity contribution < 1.29 is 29.0 Å². The summed E-state index contributed by atoms with van der Waals surface area (Å²) in [6.07, 6.45) is 3.40. The second-order valence-electron chi connectivity index (χ2n) is 11.2. The quantitative estimate of drug-likeness (QED) is 0.500. The molecule has 7 atom stereocenters. The molecule has 1 N–H and O–H groups in total. The Hall–Kier alpha value is -2.73. The third kappa shape index (κ3) is 4.61. The van der Waals surface area contributed by atoms with Crippen LogP contribution in [0.15, 0.2) is 53.6 Å². The van der Waals surface area contributed by atoms with E-state index >= 15 is 0 Å². The van der Waals surface area contributed by atoms with E-state index in [9.17, 15) is 19.5 Å². The molecule has 6 heteroatoms. The van der Waals surface area contributed by atoms with E-state index in [2.05, 4.69) is 13.8 Å². The summed E-state index contributed by atoms with van der Waals surface area (Å²) in [6, 6.07) is 8.69. The van der Waals surface area contributed by atoms with Crippen LogP contribution < -0.4 is 0 Å². The van der Waals surface area contributed by atoms with Gasteiger partial charge in [0.15, 0.2) is 5.78 Å². The summed E-state index contributed by atoms with van der Waals surface area (Å²) in [4.78, 5) is 38.6. The van der Waals surface area contributed by atoms with E-state index in [1.807, 2.05) is 26.0 Å². The van der Waals surface area contributed by atoms with Crippen LogP contribution in [0, 0.1) is 29.1 Å². The molecule has 3 aliphatic rings. The van der Waals surface area contributed by atoms with Gasteiger partial charge in [0.25, 0.3) is 0 Å². The molecule has 2 saturated carbocycles. The first-order valence-corrected chi connectivity index (χ1v) is 12.4. The van der Waals surface area contributed by atoms with Crippen molar-refractivity contribution in [3.05, 3.63) is 59.2 Å². The Morgan fingerprint density at radius 3 is 2.31 bits per heavy atom. The summed E-state index contributed by atoms with van der Waals surface area (Å²) < 4.78 is 11.6. The van der Waals surface area contributed by atoms with Crippen LogP contribution in [-0.4, -0.2) is 40.6 Å². The van der Waals surface area contributed by atoms with Gasteiger partial charge >= 0.3 is 11.9 Å². The number of rotatable bonds is 3. The molecule has 0 saturated heterocycles. The third-order valence-corrected chi connectivity index (χ3v) is 8.40. The van der Waals surface area contributed by atoms with Crippen LogP contribution >= 0.6 is 0 Å². The Morgan fingerprint density at radius 1 is 1.03 bits per heavy atom. The molecule has 0 amide bonds. The van der Waals surface area contributed by atoms with E-state index in [0.717, 1.165) is 5.57 Å². The van der Waals surface area contributed by atoms with Crippen LogP contribution in [0.1, 0.15) is 64.7 Å². The molecule has 0 aliphatic heterocycles. The Kier molecular flexibility index (Phi) is 6.56. The van der Waals surface area contributed by atoms with Gasteiger partial charge < -0.3 is 14.6 Å². The number of fused-ring (bicyclic) bond motifs is 2. The summed E-state index contributed by atoms with van der Waals surface area (Å²) in [5.74, 6) is -1.81. The van der Waals surface area contributed by atoms with Gasteiger partial charge in [-0.2, -0.15) is 0 Å². The molecule has 0 radical (unpaired) electrons. The van der Waals surface area contributed by atoms with Crippen molar-refractivity contribution in [3.8, 4) is 0 Å². The first-order valence-electron chi connectivity index (χ1n) is 12.4. The lowest BCUT2D eigenvalue weighted by Crippen LogP contribution is -2.45. The second-order valence-corrected chi connectivity index (χ2v) is 11.2. The summed E-state index contributed by atoms with van der Waals surface area (Å²) in [6.45, 7) is 11.2. The van der Waals surface area contributed by atoms with Gasteiger partial charge in [-0.25, -0.2) is 4.79 Å². The predicted octanol–water partition coefficient (Wildman–Crippen LogP) is 4.67. The highest BCUT2D eigenvalue weighted by Gasteiger charge is 2.60. The fourth-order valence-electron chi connectivity index (χ4n) is 6.20. The van der Waals surface area contributed by atoms with Crippen molar-refractivity contribution >= 4 is 17.7 Å². The SMILES string of the molecule is CC(=O)O[C@@H]1C[C@@H]2[C@@H](/C=C(\C)C(=O)[C@@]3(O)C[C@@H](C)[C@H](OC(=O)c4ccccc4)[C@H]3C=C1C)C2(C)C. The zero-order valence-electron chi connectivity index (χ0n) is 21.4. The Labute approximate surface area is 207 Å². The van der Waals surface area contributed by atoms with Gasteiger partial charge in [-0.15, -0.1) is 0 Å². The first-order chi connectivity index (χ1) is 16.4. The molecule has 0 aromatic heterocycles. The first kappa shape index (κ1) is 25.4. The highest BCUT2D eigenvalue weighted by molar-refractivity contribution is 6.02. The minimum Gasteiger partial charge on any atom is -0.458 e. The largest absolute Gasteiger partial charge is 0.458 e. The second kappa shape index (κ2) is 9.05. The molecule has 1 aromatic rings. The molecular weight excluding hydrogens is 444 g/mol. The topological polar surface area (TPSA) is 89.9 Å². The van der Waals surface area contributed by atoms with Crippen LogP contribution in [0.2, 0.25) is 0 Å². The van der Waals surface area contributed by atoms with Gasteiger partial charge in [0.05, 0.1) is 11.5 Å². The van der Waals surface area contributed by atoms with E-state index in [1.165, 1.54) is 6.92 Å². The normalized spacial score (nSPS) is 37.5. The van der Waals surface area contributed by atoms with Gasteiger partial charge in [0, 0.05) is 6.92 Å². The molecule has 2 fully saturated rings. The smallest absolute Gasteiger partial charge is 0.338 e. The molecular formula is C29H36O6. The fraction of sp³-hybridized carbons (Fsp3) is 0.552. The molecule has 4 rings (SSSR count).